The van der Waals surface area contributed by atoms with Gasteiger partial charge in [0.25, 0.3) is 0 Å². The number of rotatable bonds is 3. The summed E-state index contributed by atoms with van der Waals surface area (Å²) in [5.41, 5.74) is 1.02. The zero-order valence-electron chi connectivity index (χ0n) is 7.79. The van der Waals surface area contributed by atoms with Crippen LogP contribution in [0.25, 0.3) is 0 Å². The van der Waals surface area contributed by atoms with Crippen LogP contribution in [0.3, 0.4) is 0 Å². The van der Waals surface area contributed by atoms with Crippen LogP contribution in [-0.2, 0) is 0 Å². The largest absolute Gasteiger partial charge is 0.490 e. The van der Waals surface area contributed by atoms with Gasteiger partial charge in [-0.2, -0.15) is 0 Å². The van der Waals surface area contributed by atoms with Gasteiger partial charge in [-0.3, -0.25) is 4.98 Å². The number of hydrogen-bond acceptors (Lipinski definition) is 3. The summed E-state index contributed by atoms with van der Waals surface area (Å²) >= 11 is 0. The molecule has 1 aliphatic rings. The molecule has 1 aromatic rings. The average Bonchev–Trinajstić information content (AvgIpc) is 2.05. The third-order valence-corrected chi connectivity index (χ3v) is 2.26. The summed E-state index contributed by atoms with van der Waals surface area (Å²) in [5, 5.41) is 3.28. The van der Waals surface area contributed by atoms with Gasteiger partial charge in [-0.1, -0.05) is 0 Å². The van der Waals surface area contributed by atoms with Crippen LogP contribution in [0, 0.1) is 6.92 Å². The van der Waals surface area contributed by atoms with E-state index in [0.29, 0.717) is 6.04 Å². The second-order valence-electron chi connectivity index (χ2n) is 3.39. The van der Waals surface area contributed by atoms with Crippen molar-refractivity contribution in [2.75, 3.05) is 13.2 Å². The lowest BCUT2D eigenvalue weighted by molar-refractivity contribution is 0.217. The van der Waals surface area contributed by atoms with Gasteiger partial charge in [0.15, 0.2) is 0 Å². The molecule has 0 aliphatic carbocycles. The molecule has 3 nitrogen and oxygen atoms in total. The molecule has 0 radical (unpaired) electrons. The van der Waals surface area contributed by atoms with Gasteiger partial charge in [-0.05, 0) is 32.0 Å². The van der Waals surface area contributed by atoms with Crippen molar-refractivity contribution in [1.29, 1.82) is 0 Å². The SMILES string of the molecule is Cc1ccc(OCC2CCN2)cn1. The highest BCUT2D eigenvalue weighted by Crippen LogP contribution is 2.10. The molecule has 1 unspecified atom stereocenters. The fourth-order valence-electron chi connectivity index (χ4n) is 1.23. The summed E-state index contributed by atoms with van der Waals surface area (Å²) in [6.45, 7) is 3.85. The molecular weight excluding hydrogens is 164 g/mol. The minimum Gasteiger partial charge on any atom is -0.490 e. The minimum atomic E-state index is 0.543. The maximum Gasteiger partial charge on any atom is 0.137 e. The van der Waals surface area contributed by atoms with Gasteiger partial charge in [0.05, 0.1) is 6.20 Å². The van der Waals surface area contributed by atoms with E-state index in [1.54, 1.807) is 6.20 Å². The van der Waals surface area contributed by atoms with Crippen LogP contribution in [-0.4, -0.2) is 24.2 Å². The van der Waals surface area contributed by atoms with Gasteiger partial charge in [0, 0.05) is 11.7 Å². The van der Waals surface area contributed by atoms with Crippen molar-refractivity contribution in [3.8, 4) is 5.75 Å². The Bertz CT molecular complexity index is 267. The van der Waals surface area contributed by atoms with Gasteiger partial charge in [-0.25, -0.2) is 0 Å². The third-order valence-electron chi connectivity index (χ3n) is 2.26. The molecule has 0 amide bonds. The summed E-state index contributed by atoms with van der Waals surface area (Å²) in [4.78, 5) is 4.16. The van der Waals surface area contributed by atoms with E-state index in [2.05, 4.69) is 10.3 Å². The van der Waals surface area contributed by atoms with E-state index >= 15 is 0 Å². The quantitative estimate of drug-likeness (QED) is 0.753. The number of nitrogens with zero attached hydrogens (tertiary/aromatic N) is 1. The molecule has 1 saturated heterocycles. The number of aryl methyl sites for hydroxylation is 1. The molecule has 0 bridgehead atoms. The van der Waals surface area contributed by atoms with E-state index in [4.69, 9.17) is 4.74 Å². The van der Waals surface area contributed by atoms with Gasteiger partial charge < -0.3 is 10.1 Å². The van der Waals surface area contributed by atoms with Gasteiger partial charge in [0.1, 0.15) is 12.4 Å². The second-order valence-corrected chi connectivity index (χ2v) is 3.39. The standard InChI is InChI=1S/C10H14N2O/c1-8-2-3-10(6-12-8)13-7-9-4-5-11-9/h2-3,6,9,11H,4-5,7H2,1H3. The Morgan fingerprint density at radius 2 is 2.46 bits per heavy atom. The third kappa shape index (κ3) is 2.18. The number of hydrogen-bond donors (Lipinski definition) is 1. The van der Waals surface area contributed by atoms with E-state index in [-0.39, 0.29) is 0 Å². The first-order valence-electron chi connectivity index (χ1n) is 4.63. The Hall–Kier alpha value is -1.09. The number of ether oxygens (including phenoxy) is 1. The Balaban J connectivity index is 1.83. The van der Waals surface area contributed by atoms with Gasteiger partial charge in [0.2, 0.25) is 0 Å². The number of aromatic nitrogens is 1. The first-order valence-corrected chi connectivity index (χ1v) is 4.63. The molecule has 0 saturated carbocycles. The first kappa shape index (κ1) is 8.51. The maximum absolute atomic E-state index is 5.54. The Morgan fingerprint density at radius 3 is 3.00 bits per heavy atom. The zero-order chi connectivity index (χ0) is 9.10. The predicted molar refractivity (Wildman–Crippen MR) is 50.9 cm³/mol. The molecule has 2 heterocycles. The van der Waals surface area contributed by atoms with Crippen LogP contribution in [0.1, 0.15) is 12.1 Å². The van der Waals surface area contributed by atoms with Crippen LogP contribution in [0.5, 0.6) is 5.75 Å². The highest BCUT2D eigenvalue weighted by Gasteiger charge is 2.16. The molecule has 1 aromatic heterocycles. The van der Waals surface area contributed by atoms with E-state index in [9.17, 15) is 0 Å². The lowest BCUT2D eigenvalue weighted by Crippen LogP contribution is -2.46. The zero-order valence-corrected chi connectivity index (χ0v) is 7.79. The smallest absolute Gasteiger partial charge is 0.137 e. The van der Waals surface area contributed by atoms with Crippen molar-refractivity contribution in [2.24, 2.45) is 0 Å². The lowest BCUT2D eigenvalue weighted by Gasteiger charge is -2.27. The number of pyridine rings is 1. The van der Waals surface area contributed by atoms with Crippen molar-refractivity contribution in [3.05, 3.63) is 24.0 Å². The highest BCUT2D eigenvalue weighted by molar-refractivity contribution is 5.19. The fraction of sp³-hybridized carbons (Fsp3) is 0.500. The molecule has 70 valence electrons. The van der Waals surface area contributed by atoms with Gasteiger partial charge in [-0.15, -0.1) is 0 Å². The molecule has 3 heteroatoms. The highest BCUT2D eigenvalue weighted by atomic mass is 16.5. The lowest BCUT2D eigenvalue weighted by atomic mass is 10.1. The van der Waals surface area contributed by atoms with Crippen molar-refractivity contribution < 1.29 is 4.74 Å². The number of nitrogens with one attached hydrogen (secondary N) is 1. The van der Waals surface area contributed by atoms with E-state index < -0.39 is 0 Å². The Labute approximate surface area is 78.1 Å². The van der Waals surface area contributed by atoms with Crippen LogP contribution in [0.2, 0.25) is 0 Å². The molecular formula is C10H14N2O. The van der Waals surface area contributed by atoms with Crippen molar-refractivity contribution in [2.45, 2.75) is 19.4 Å². The molecule has 1 N–H and O–H groups in total. The van der Waals surface area contributed by atoms with E-state index in [1.165, 1.54) is 6.42 Å². The fourth-order valence-corrected chi connectivity index (χ4v) is 1.23. The summed E-state index contributed by atoms with van der Waals surface area (Å²) in [7, 11) is 0. The van der Waals surface area contributed by atoms with Crippen LogP contribution in [0.15, 0.2) is 18.3 Å². The predicted octanol–water partition coefficient (Wildman–Crippen LogP) is 1.13. The van der Waals surface area contributed by atoms with Crippen LogP contribution >= 0.6 is 0 Å². The van der Waals surface area contributed by atoms with E-state index in [1.807, 2.05) is 19.1 Å². The Morgan fingerprint density at radius 1 is 1.62 bits per heavy atom. The monoisotopic (exact) mass is 178 g/mol. The first-order chi connectivity index (χ1) is 6.34. The average molecular weight is 178 g/mol. The normalized spacial score (nSPS) is 20.8. The Kier molecular flexibility index (Phi) is 2.45. The van der Waals surface area contributed by atoms with Crippen molar-refractivity contribution >= 4 is 0 Å². The molecule has 13 heavy (non-hydrogen) atoms. The molecule has 1 atom stereocenters. The van der Waals surface area contributed by atoms with Gasteiger partial charge >= 0.3 is 0 Å². The molecule has 1 aliphatic heterocycles. The van der Waals surface area contributed by atoms with E-state index in [0.717, 1.165) is 24.6 Å². The topological polar surface area (TPSA) is 34.1 Å². The molecule has 0 aromatic carbocycles. The van der Waals surface area contributed by atoms with Crippen molar-refractivity contribution in [3.63, 3.8) is 0 Å². The summed E-state index contributed by atoms with van der Waals surface area (Å²) < 4.78 is 5.54. The van der Waals surface area contributed by atoms with Crippen LogP contribution in [0.4, 0.5) is 0 Å². The summed E-state index contributed by atoms with van der Waals surface area (Å²) in [6, 6.07) is 4.46. The maximum atomic E-state index is 5.54. The second kappa shape index (κ2) is 3.75. The van der Waals surface area contributed by atoms with Crippen molar-refractivity contribution in [1.82, 2.24) is 10.3 Å². The minimum absolute atomic E-state index is 0.543. The summed E-state index contributed by atoms with van der Waals surface area (Å²) in [5.74, 6) is 0.860. The molecule has 1 fully saturated rings. The molecule has 0 spiro atoms. The summed E-state index contributed by atoms with van der Waals surface area (Å²) in [6.07, 6.45) is 2.99. The molecule has 2 rings (SSSR count). The van der Waals surface area contributed by atoms with Crippen LogP contribution < -0.4 is 10.1 Å².